The standard InChI is InChI=1S/C19H20F3N5O3S/c1-31-18-25-15(13(14(23)28)16(29)26-18)24-10-5-6-11(12(9-10)19(20,21)22)17(30)27-7-3-2-4-8-27/h5-6,9H,2-4,7-8H2,1H3,(H2,23,28)(H2,24,25,26,29). The molecule has 1 aromatic heterocycles. The fourth-order valence-electron chi connectivity index (χ4n) is 3.32. The van der Waals surface area contributed by atoms with Gasteiger partial charge in [0.25, 0.3) is 17.4 Å². The van der Waals surface area contributed by atoms with Crippen molar-refractivity contribution >= 4 is 35.1 Å². The van der Waals surface area contributed by atoms with Gasteiger partial charge in [0.1, 0.15) is 5.56 Å². The number of amides is 2. The number of primary amides is 1. The van der Waals surface area contributed by atoms with Crippen LogP contribution in [-0.2, 0) is 6.18 Å². The molecule has 0 aliphatic carbocycles. The van der Waals surface area contributed by atoms with Crippen molar-refractivity contribution in [1.29, 1.82) is 0 Å². The molecule has 0 spiro atoms. The monoisotopic (exact) mass is 455 g/mol. The van der Waals surface area contributed by atoms with Gasteiger partial charge in [-0.1, -0.05) is 11.8 Å². The molecule has 0 saturated carbocycles. The van der Waals surface area contributed by atoms with Crippen LogP contribution in [-0.4, -0.2) is 46.0 Å². The summed E-state index contributed by atoms with van der Waals surface area (Å²) in [6.45, 7) is 0.818. The number of nitrogens with two attached hydrogens (primary N) is 1. The third kappa shape index (κ3) is 5.01. The Hall–Kier alpha value is -3.02. The zero-order valence-electron chi connectivity index (χ0n) is 16.5. The summed E-state index contributed by atoms with van der Waals surface area (Å²) in [5, 5.41) is 2.70. The van der Waals surface area contributed by atoms with Crippen LogP contribution in [0.15, 0.2) is 28.2 Å². The van der Waals surface area contributed by atoms with Crippen molar-refractivity contribution in [2.45, 2.75) is 30.6 Å². The summed E-state index contributed by atoms with van der Waals surface area (Å²) in [6, 6.07) is 3.09. The predicted octanol–water partition coefficient (Wildman–Crippen LogP) is 2.98. The number of nitrogens with one attached hydrogen (secondary N) is 2. The number of aromatic nitrogens is 2. The molecule has 1 aromatic carbocycles. The lowest BCUT2D eigenvalue weighted by molar-refractivity contribution is -0.138. The molecule has 3 rings (SSSR count). The van der Waals surface area contributed by atoms with Crippen LogP contribution in [0.4, 0.5) is 24.7 Å². The van der Waals surface area contributed by atoms with Gasteiger partial charge in [0.15, 0.2) is 11.0 Å². The summed E-state index contributed by atoms with van der Waals surface area (Å²) in [6.07, 6.45) is -0.753. The Morgan fingerprint density at radius 3 is 2.48 bits per heavy atom. The van der Waals surface area contributed by atoms with E-state index in [9.17, 15) is 27.6 Å². The van der Waals surface area contributed by atoms with E-state index in [0.717, 1.165) is 43.2 Å². The maximum absolute atomic E-state index is 13.7. The molecule has 0 bridgehead atoms. The number of rotatable bonds is 5. The van der Waals surface area contributed by atoms with E-state index >= 15 is 0 Å². The number of thioether (sulfide) groups is 1. The molecule has 166 valence electrons. The molecule has 1 fully saturated rings. The van der Waals surface area contributed by atoms with Gasteiger partial charge in [-0.2, -0.15) is 13.2 Å². The van der Waals surface area contributed by atoms with E-state index < -0.39 is 40.2 Å². The first-order valence-corrected chi connectivity index (χ1v) is 10.6. The number of H-pyrrole nitrogens is 1. The Bertz CT molecular complexity index is 1060. The van der Waals surface area contributed by atoms with E-state index in [1.165, 1.54) is 11.0 Å². The highest BCUT2D eigenvalue weighted by Gasteiger charge is 2.37. The fourth-order valence-corrected chi connectivity index (χ4v) is 3.69. The van der Waals surface area contributed by atoms with Crippen molar-refractivity contribution in [2.24, 2.45) is 5.73 Å². The van der Waals surface area contributed by atoms with Crippen molar-refractivity contribution < 1.29 is 22.8 Å². The molecule has 1 aliphatic rings. The van der Waals surface area contributed by atoms with Crippen molar-refractivity contribution in [3.63, 3.8) is 0 Å². The average Bonchev–Trinajstić information content (AvgIpc) is 2.72. The van der Waals surface area contributed by atoms with Crippen molar-refractivity contribution in [2.75, 3.05) is 24.7 Å². The van der Waals surface area contributed by atoms with Gasteiger partial charge < -0.3 is 20.9 Å². The van der Waals surface area contributed by atoms with E-state index in [2.05, 4.69) is 15.3 Å². The van der Waals surface area contributed by atoms with Crippen LogP contribution in [0, 0.1) is 0 Å². The number of hydrogen-bond donors (Lipinski definition) is 3. The van der Waals surface area contributed by atoms with Crippen LogP contribution in [0.1, 0.15) is 45.5 Å². The van der Waals surface area contributed by atoms with E-state index in [-0.39, 0.29) is 16.7 Å². The number of likely N-dealkylation sites (tertiary alicyclic amines) is 1. The first-order chi connectivity index (χ1) is 14.6. The Kier molecular flexibility index (Phi) is 6.58. The molecule has 2 aromatic rings. The number of benzene rings is 1. The lowest BCUT2D eigenvalue weighted by atomic mass is 10.0. The van der Waals surface area contributed by atoms with Crippen LogP contribution in [0.2, 0.25) is 0 Å². The number of anilines is 2. The van der Waals surface area contributed by atoms with Gasteiger partial charge in [0.2, 0.25) is 0 Å². The lowest BCUT2D eigenvalue weighted by Gasteiger charge is -2.28. The second-order valence-electron chi connectivity index (χ2n) is 6.90. The average molecular weight is 455 g/mol. The summed E-state index contributed by atoms with van der Waals surface area (Å²) in [5.74, 6) is -2.05. The number of aromatic amines is 1. The predicted molar refractivity (Wildman–Crippen MR) is 110 cm³/mol. The number of carbonyl (C=O) groups excluding carboxylic acids is 2. The molecule has 12 heteroatoms. The smallest absolute Gasteiger partial charge is 0.365 e. The molecule has 31 heavy (non-hydrogen) atoms. The van der Waals surface area contributed by atoms with Gasteiger partial charge in [-0.25, -0.2) is 4.98 Å². The number of nitrogens with zero attached hydrogens (tertiary/aromatic N) is 2. The highest BCUT2D eigenvalue weighted by atomic mass is 32.2. The third-order valence-electron chi connectivity index (χ3n) is 4.80. The van der Waals surface area contributed by atoms with Crippen LogP contribution in [0.3, 0.4) is 0 Å². The van der Waals surface area contributed by atoms with Crippen molar-refractivity contribution in [1.82, 2.24) is 14.9 Å². The zero-order valence-corrected chi connectivity index (χ0v) is 17.3. The molecule has 2 amide bonds. The van der Waals surface area contributed by atoms with Crippen LogP contribution >= 0.6 is 11.8 Å². The Morgan fingerprint density at radius 2 is 1.90 bits per heavy atom. The molecule has 1 saturated heterocycles. The maximum atomic E-state index is 13.7. The van der Waals surface area contributed by atoms with E-state index in [1.807, 2.05) is 0 Å². The number of hydrogen-bond acceptors (Lipinski definition) is 6. The summed E-state index contributed by atoms with van der Waals surface area (Å²) >= 11 is 1.07. The minimum Gasteiger partial charge on any atom is -0.365 e. The lowest BCUT2D eigenvalue weighted by Crippen LogP contribution is -2.36. The number of piperidine rings is 1. The van der Waals surface area contributed by atoms with Gasteiger partial charge in [-0.05, 0) is 43.7 Å². The van der Waals surface area contributed by atoms with Gasteiger partial charge in [-0.3, -0.25) is 14.4 Å². The molecule has 8 nitrogen and oxygen atoms in total. The summed E-state index contributed by atoms with van der Waals surface area (Å²) in [7, 11) is 0. The molecule has 1 aliphatic heterocycles. The van der Waals surface area contributed by atoms with Crippen molar-refractivity contribution in [3.05, 3.63) is 45.2 Å². The number of alkyl halides is 3. The van der Waals surface area contributed by atoms with E-state index in [0.29, 0.717) is 13.1 Å². The second-order valence-corrected chi connectivity index (χ2v) is 7.69. The van der Waals surface area contributed by atoms with Crippen LogP contribution in [0.25, 0.3) is 0 Å². The Morgan fingerprint density at radius 1 is 1.23 bits per heavy atom. The Balaban J connectivity index is 2.03. The molecule has 0 radical (unpaired) electrons. The highest BCUT2D eigenvalue weighted by Crippen LogP contribution is 2.35. The third-order valence-corrected chi connectivity index (χ3v) is 5.38. The largest absolute Gasteiger partial charge is 0.417 e. The van der Waals surface area contributed by atoms with Crippen LogP contribution in [0.5, 0.6) is 0 Å². The maximum Gasteiger partial charge on any atom is 0.417 e. The number of halogens is 3. The zero-order chi connectivity index (χ0) is 22.8. The van der Waals surface area contributed by atoms with Gasteiger partial charge >= 0.3 is 6.18 Å². The van der Waals surface area contributed by atoms with E-state index in [4.69, 9.17) is 5.73 Å². The van der Waals surface area contributed by atoms with Crippen molar-refractivity contribution in [3.8, 4) is 0 Å². The first kappa shape index (κ1) is 22.7. The molecule has 4 N–H and O–H groups in total. The highest BCUT2D eigenvalue weighted by molar-refractivity contribution is 7.98. The second kappa shape index (κ2) is 9.00. The number of carbonyl (C=O) groups is 2. The summed E-state index contributed by atoms with van der Waals surface area (Å²) in [5.41, 5.74) is 2.22. The summed E-state index contributed by atoms with van der Waals surface area (Å²) < 4.78 is 41.2. The van der Waals surface area contributed by atoms with Crippen LogP contribution < -0.4 is 16.6 Å². The topological polar surface area (TPSA) is 121 Å². The van der Waals surface area contributed by atoms with Gasteiger partial charge in [-0.15, -0.1) is 0 Å². The normalized spacial score (nSPS) is 14.4. The molecule has 2 heterocycles. The Labute approximate surface area is 179 Å². The SMILES string of the molecule is CSc1nc(Nc2ccc(C(=O)N3CCCCC3)c(C(F)(F)F)c2)c(C(N)=O)c(=O)[nH]1. The quantitative estimate of drug-likeness (QED) is 0.471. The molecule has 0 unspecified atom stereocenters. The molecular weight excluding hydrogens is 435 g/mol. The molecule has 0 atom stereocenters. The minimum absolute atomic E-state index is 0.102. The first-order valence-electron chi connectivity index (χ1n) is 9.37. The summed E-state index contributed by atoms with van der Waals surface area (Å²) in [4.78, 5) is 44.3. The molecular formula is C19H20F3N5O3S. The van der Waals surface area contributed by atoms with E-state index in [1.54, 1.807) is 6.26 Å². The minimum atomic E-state index is -4.79. The van der Waals surface area contributed by atoms with Gasteiger partial charge in [0.05, 0.1) is 11.1 Å². The van der Waals surface area contributed by atoms with Gasteiger partial charge in [0, 0.05) is 18.8 Å². The fraction of sp³-hybridized carbons (Fsp3) is 0.368.